The van der Waals surface area contributed by atoms with Gasteiger partial charge in [0.05, 0.1) is 12.1 Å². The summed E-state index contributed by atoms with van der Waals surface area (Å²) in [6.45, 7) is -0.436. The average Bonchev–Trinajstić information content (AvgIpc) is 2.52. The van der Waals surface area contributed by atoms with Gasteiger partial charge in [0.1, 0.15) is 0 Å². The van der Waals surface area contributed by atoms with E-state index >= 15 is 0 Å². The van der Waals surface area contributed by atoms with Crippen LogP contribution in [0.1, 0.15) is 25.7 Å². The maximum Gasteiger partial charge on any atom is 0.471 e. The second-order valence-corrected chi connectivity index (χ2v) is 3.60. The van der Waals surface area contributed by atoms with Crippen molar-refractivity contribution < 1.29 is 23.1 Å². The summed E-state index contributed by atoms with van der Waals surface area (Å²) in [5, 5.41) is 10.8. The highest BCUT2D eigenvalue weighted by atomic mass is 19.4. The van der Waals surface area contributed by atoms with Crippen molar-refractivity contribution in [3.05, 3.63) is 0 Å². The van der Waals surface area contributed by atoms with Gasteiger partial charge in [-0.2, -0.15) is 13.2 Å². The van der Waals surface area contributed by atoms with Gasteiger partial charge in [0.2, 0.25) is 0 Å². The van der Waals surface area contributed by atoms with Gasteiger partial charge in [-0.05, 0) is 12.8 Å². The van der Waals surface area contributed by atoms with Gasteiger partial charge in [0.15, 0.2) is 0 Å². The average molecular weight is 211 g/mol. The summed E-state index contributed by atoms with van der Waals surface area (Å²) in [5.74, 6) is -1.96. The zero-order chi connectivity index (χ0) is 10.8. The number of aliphatic hydroxyl groups is 1. The smallest absolute Gasteiger partial charge is 0.394 e. The van der Waals surface area contributed by atoms with Gasteiger partial charge in [-0.25, -0.2) is 0 Å². The maximum absolute atomic E-state index is 11.9. The molecule has 1 aliphatic rings. The molecule has 0 bridgehead atoms. The normalized spacial score (nSPS) is 20.9. The number of carbonyl (C=O) groups is 1. The molecule has 0 saturated heterocycles. The zero-order valence-electron chi connectivity index (χ0n) is 7.52. The molecule has 0 spiro atoms. The number of nitrogens with one attached hydrogen (secondary N) is 1. The van der Waals surface area contributed by atoms with Gasteiger partial charge in [0.25, 0.3) is 0 Å². The molecule has 1 aliphatic carbocycles. The van der Waals surface area contributed by atoms with Crippen LogP contribution in [0.2, 0.25) is 0 Å². The summed E-state index contributed by atoms with van der Waals surface area (Å²) in [7, 11) is 0. The Labute approximate surface area is 79.3 Å². The second kappa shape index (κ2) is 3.76. The number of halogens is 3. The molecule has 1 amide bonds. The zero-order valence-corrected chi connectivity index (χ0v) is 7.52. The van der Waals surface area contributed by atoms with Crippen molar-refractivity contribution in [2.45, 2.75) is 37.4 Å². The minimum atomic E-state index is -4.87. The Balaban J connectivity index is 2.61. The third-order valence-electron chi connectivity index (χ3n) is 2.50. The molecule has 0 aromatic rings. The Kier molecular flexibility index (Phi) is 3.04. The van der Waals surface area contributed by atoms with Crippen LogP contribution in [-0.4, -0.2) is 29.3 Å². The fourth-order valence-electron chi connectivity index (χ4n) is 1.69. The summed E-state index contributed by atoms with van der Waals surface area (Å²) in [4.78, 5) is 10.6. The lowest BCUT2D eigenvalue weighted by atomic mass is 9.99. The molecule has 0 aliphatic heterocycles. The van der Waals surface area contributed by atoms with Crippen LogP contribution in [0.4, 0.5) is 13.2 Å². The molecule has 0 unspecified atom stereocenters. The number of rotatable bonds is 2. The minimum Gasteiger partial charge on any atom is -0.394 e. The summed E-state index contributed by atoms with van der Waals surface area (Å²) < 4.78 is 35.7. The molecule has 1 rings (SSSR count). The topological polar surface area (TPSA) is 49.3 Å². The van der Waals surface area contributed by atoms with Gasteiger partial charge in [-0.15, -0.1) is 0 Å². The van der Waals surface area contributed by atoms with Gasteiger partial charge < -0.3 is 10.4 Å². The van der Waals surface area contributed by atoms with E-state index in [4.69, 9.17) is 5.11 Å². The highest BCUT2D eigenvalue weighted by Gasteiger charge is 2.44. The SMILES string of the molecule is O=C(NC1(CO)CCCC1)C(F)(F)F. The molecular formula is C8H12F3NO2. The van der Waals surface area contributed by atoms with Crippen LogP contribution in [0.15, 0.2) is 0 Å². The quantitative estimate of drug-likeness (QED) is 0.715. The molecule has 82 valence electrons. The summed E-state index contributed by atoms with van der Waals surface area (Å²) in [6, 6.07) is 0. The van der Waals surface area contributed by atoms with E-state index in [1.54, 1.807) is 0 Å². The van der Waals surface area contributed by atoms with E-state index in [1.165, 1.54) is 0 Å². The molecule has 0 radical (unpaired) electrons. The van der Waals surface area contributed by atoms with E-state index in [2.05, 4.69) is 0 Å². The predicted molar refractivity (Wildman–Crippen MR) is 42.5 cm³/mol. The Morgan fingerprint density at radius 1 is 1.36 bits per heavy atom. The van der Waals surface area contributed by atoms with E-state index in [0.717, 1.165) is 12.8 Å². The summed E-state index contributed by atoms with van der Waals surface area (Å²) in [5.41, 5.74) is -1.05. The monoisotopic (exact) mass is 211 g/mol. The molecule has 0 aromatic carbocycles. The van der Waals surface area contributed by atoms with E-state index in [9.17, 15) is 18.0 Å². The Hall–Kier alpha value is -0.780. The van der Waals surface area contributed by atoms with Crippen LogP contribution >= 0.6 is 0 Å². The fourth-order valence-corrected chi connectivity index (χ4v) is 1.69. The van der Waals surface area contributed by atoms with Crippen molar-refractivity contribution in [3.63, 3.8) is 0 Å². The minimum absolute atomic E-state index is 0.408. The van der Waals surface area contributed by atoms with E-state index < -0.39 is 24.2 Å². The van der Waals surface area contributed by atoms with Crippen LogP contribution in [-0.2, 0) is 4.79 Å². The lowest BCUT2D eigenvalue weighted by molar-refractivity contribution is -0.176. The van der Waals surface area contributed by atoms with Crippen LogP contribution in [0.5, 0.6) is 0 Å². The molecule has 2 N–H and O–H groups in total. The molecule has 1 fully saturated rings. The van der Waals surface area contributed by atoms with Crippen molar-refractivity contribution in [2.24, 2.45) is 0 Å². The molecular weight excluding hydrogens is 199 g/mol. The first-order chi connectivity index (χ1) is 6.40. The lowest BCUT2D eigenvalue weighted by Crippen LogP contribution is -2.53. The summed E-state index contributed by atoms with van der Waals surface area (Å²) >= 11 is 0. The standard InChI is InChI=1S/C8H12F3NO2/c9-8(10,11)6(14)12-7(5-13)3-1-2-4-7/h13H,1-5H2,(H,12,14). The van der Waals surface area contributed by atoms with Crippen LogP contribution in [0.3, 0.4) is 0 Å². The lowest BCUT2D eigenvalue weighted by Gasteiger charge is -2.28. The summed E-state index contributed by atoms with van der Waals surface area (Å²) in [6.07, 6.45) is -2.58. The van der Waals surface area contributed by atoms with Gasteiger partial charge >= 0.3 is 12.1 Å². The second-order valence-electron chi connectivity index (χ2n) is 3.60. The highest BCUT2D eigenvalue weighted by molar-refractivity contribution is 5.82. The fraction of sp³-hybridized carbons (Fsp3) is 0.875. The van der Waals surface area contributed by atoms with Gasteiger partial charge in [-0.1, -0.05) is 12.8 Å². The first-order valence-corrected chi connectivity index (χ1v) is 4.40. The van der Waals surface area contributed by atoms with Crippen molar-refractivity contribution in [2.75, 3.05) is 6.61 Å². The Morgan fingerprint density at radius 2 is 1.86 bits per heavy atom. The van der Waals surface area contributed by atoms with Crippen molar-refractivity contribution >= 4 is 5.91 Å². The van der Waals surface area contributed by atoms with Crippen LogP contribution in [0, 0.1) is 0 Å². The molecule has 0 aromatic heterocycles. The third-order valence-corrected chi connectivity index (χ3v) is 2.50. The Bertz CT molecular complexity index is 221. The molecule has 0 heterocycles. The third kappa shape index (κ3) is 2.37. The first kappa shape index (κ1) is 11.3. The highest BCUT2D eigenvalue weighted by Crippen LogP contribution is 2.30. The van der Waals surface area contributed by atoms with Crippen LogP contribution < -0.4 is 5.32 Å². The molecule has 3 nitrogen and oxygen atoms in total. The molecule has 1 saturated carbocycles. The number of alkyl halides is 3. The number of hydrogen-bond acceptors (Lipinski definition) is 2. The van der Waals surface area contributed by atoms with E-state index in [0.29, 0.717) is 12.8 Å². The van der Waals surface area contributed by atoms with Gasteiger partial charge in [0, 0.05) is 0 Å². The maximum atomic E-state index is 11.9. The van der Waals surface area contributed by atoms with Gasteiger partial charge in [-0.3, -0.25) is 4.79 Å². The Morgan fingerprint density at radius 3 is 2.21 bits per heavy atom. The number of carbonyl (C=O) groups excluding carboxylic acids is 1. The van der Waals surface area contributed by atoms with Crippen molar-refractivity contribution in [3.8, 4) is 0 Å². The van der Waals surface area contributed by atoms with Crippen molar-refractivity contribution in [1.82, 2.24) is 5.32 Å². The number of hydrogen-bond donors (Lipinski definition) is 2. The molecule has 6 heteroatoms. The van der Waals surface area contributed by atoms with E-state index in [1.807, 2.05) is 5.32 Å². The van der Waals surface area contributed by atoms with Crippen molar-refractivity contribution in [1.29, 1.82) is 0 Å². The van der Waals surface area contributed by atoms with E-state index in [-0.39, 0.29) is 0 Å². The molecule has 14 heavy (non-hydrogen) atoms. The van der Waals surface area contributed by atoms with Crippen LogP contribution in [0.25, 0.3) is 0 Å². The number of amides is 1. The number of aliphatic hydroxyl groups excluding tert-OH is 1. The molecule has 0 atom stereocenters. The largest absolute Gasteiger partial charge is 0.471 e. The predicted octanol–water partition coefficient (Wildman–Crippen LogP) is 0.970. The first-order valence-electron chi connectivity index (χ1n) is 4.40.